The monoisotopic (exact) mass is 254 g/mol. The number of amides is 2. The molecule has 1 atom stereocenters. The van der Waals surface area contributed by atoms with E-state index in [4.69, 9.17) is 0 Å². The Labute approximate surface area is 110 Å². The van der Waals surface area contributed by atoms with Crippen LogP contribution < -0.4 is 5.32 Å². The van der Waals surface area contributed by atoms with Gasteiger partial charge in [-0.15, -0.1) is 0 Å². The summed E-state index contributed by atoms with van der Waals surface area (Å²) in [5, 5.41) is 2.88. The molecule has 104 valence electrons. The first kappa shape index (κ1) is 15.0. The zero-order chi connectivity index (χ0) is 13.8. The molecule has 1 N–H and O–H groups in total. The minimum Gasteiger partial charge on any atom is -0.340 e. The SMILES string of the molecule is CCCC(C)CN1CC(=O)NC(CC)(CC)C1=O. The number of hydrogen-bond acceptors (Lipinski definition) is 2. The Morgan fingerprint density at radius 3 is 2.39 bits per heavy atom. The molecule has 0 bridgehead atoms. The fourth-order valence-corrected chi connectivity index (χ4v) is 2.74. The normalized spacial score (nSPS) is 20.8. The van der Waals surface area contributed by atoms with E-state index in [2.05, 4.69) is 19.2 Å². The van der Waals surface area contributed by atoms with E-state index in [0.717, 1.165) is 12.8 Å². The van der Waals surface area contributed by atoms with Gasteiger partial charge in [-0.3, -0.25) is 9.59 Å². The summed E-state index contributed by atoms with van der Waals surface area (Å²) in [6.45, 7) is 9.12. The maximum atomic E-state index is 12.5. The van der Waals surface area contributed by atoms with E-state index in [9.17, 15) is 9.59 Å². The fraction of sp³-hybridized carbons (Fsp3) is 0.857. The van der Waals surface area contributed by atoms with Gasteiger partial charge in [0.1, 0.15) is 5.54 Å². The Balaban J connectivity index is 2.79. The minimum atomic E-state index is -0.665. The van der Waals surface area contributed by atoms with E-state index in [1.165, 1.54) is 0 Å². The van der Waals surface area contributed by atoms with Crippen molar-refractivity contribution in [3.63, 3.8) is 0 Å². The highest BCUT2D eigenvalue weighted by molar-refractivity contribution is 5.97. The van der Waals surface area contributed by atoms with Gasteiger partial charge in [0.2, 0.25) is 11.8 Å². The van der Waals surface area contributed by atoms with Crippen molar-refractivity contribution in [2.45, 2.75) is 58.9 Å². The van der Waals surface area contributed by atoms with Gasteiger partial charge in [-0.25, -0.2) is 0 Å². The molecule has 4 heteroatoms. The van der Waals surface area contributed by atoms with Crippen LogP contribution in [0.1, 0.15) is 53.4 Å². The Morgan fingerprint density at radius 2 is 1.89 bits per heavy atom. The van der Waals surface area contributed by atoms with E-state index in [-0.39, 0.29) is 18.4 Å². The fourth-order valence-electron chi connectivity index (χ4n) is 2.74. The second-order valence-corrected chi connectivity index (χ2v) is 5.42. The highest BCUT2D eigenvalue weighted by atomic mass is 16.2. The lowest BCUT2D eigenvalue weighted by Gasteiger charge is -2.42. The van der Waals surface area contributed by atoms with Crippen molar-refractivity contribution in [3.05, 3.63) is 0 Å². The second-order valence-electron chi connectivity index (χ2n) is 5.42. The molecule has 0 aromatic rings. The Kier molecular flexibility index (Phi) is 5.17. The number of nitrogens with one attached hydrogen (secondary N) is 1. The highest BCUT2D eigenvalue weighted by Gasteiger charge is 2.43. The highest BCUT2D eigenvalue weighted by Crippen LogP contribution is 2.23. The molecular formula is C14H26N2O2. The van der Waals surface area contributed by atoms with Crippen molar-refractivity contribution >= 4 is 11.8 Å². The number of carbonyl (C=O) groups is 2. The Hall–Kier alpha value is -1.06. The van der Waals surface area contributed by atoms with Crippen LogP contribution >= 0.6 is 0 Å². The van der Waals surface area contributed by atoms with Crippen molar-refractivity contribution in [1.82, 2.24) is 10.2 Å². The van der Waals surface area contributed by atoms with Crippen molar-refractivity contribution in [2.75, 3.05) is 13.1 Å². The molecule has 0 radical (unpaired) electrons. The molecule has 0 aromatic heterocycles. The first-order chi connectivity index (χ1) is 8.49. The zero-order valence-electron chi connectivity index (χ0n) is 12.1. The van der Waals surface area contributed by atoms with E-state index in [0.29, 0.717) is 25.3 Å². The van der Waals surface area contributed by atoms with Crippen LogP contribution in [0.2, 0.25) is 0 Å². The van der Waals surface area contributed by atoms with Gasteiger partial charge in [0.05, 0.1) is 6.54 Å². The quantitative estimate of drug-likeness (QED) is 0.787. The van der Waals surface area contributed by atoms with Crippen LogP contribution in [0.4, 0.5) is 0 Å². The molecule has 1 unspecified atom stereocenters. The summed E-state index contributed by atoms with van der Waals surface area (Å²) in [6.07, 6.45) is 3.53. The van der Waals surface area contributed by atoms with Gasteiger partial charge in [-0.1, -0.05) is 34.1 Å². The third kappa shape index (κ3) is 3.03. The molecule has 1 rings (SSSR count). The number of hydrogen-bond donors (Lipinski definition) is 1. The number of rotatable bonds is 6. The zero-order valence-corrected chi connectivity index (χ0v) is 12.1. The molecule has 1 heterocycles. The van der Waals surface area contributed by atoms with Gasteiger partial charge < -0.3 is 10.2 Å². The van der Waals surface area contributed by atoms with E-state index in [1.54, 1.807) is 4.90 Å². The minimum absolute atomic E-state index is 0.0259. The molecule has 1 aliphatic heterocycles. The molecule has 0 aliphatic carbocycles. The summed E-state index contributed by atoms with van der Waals surface area (Å²) in [5.41, 5.74) is -0.665. The molecule has 0 saturated carbocycles. The lowest BCUT2D eigenvalue weighted by atomic mass is 9.88. The Bertz CT molecular complexity index is 311. The van der Waals surface area contributed by atoms with Crippen molar-refractivity contribution in [1.29, 1.82) is 0 Å². The average Bonchev–Trinajstić information content (AvgIpc) is 2.33. The molecule has 18 heavy (non-hydrogen) atoms. The molecule has 0 spiro atoms. The molecule has 0 aromatic carbocycles. The van der Waals surface area contributed by atoms with Crippen molar-refractivity contribution in [3.8, 4) is 0 Å². The predicted molar refractivity (Wildman–Crippen MR) is 72.1 cm³/mol. The standard InChI is InChI=1S/C14H26N2O2/c1-5-8-11(4)9-16-10-12(17)15-14(6-2,7-3)13(16)18/h11H,5-10H2,1-4H3,(H,15,17). The first-order valence-electron chi connectivity index (χ1n) is 7.09. The smallest absolute Gasteiger partial charge is 0.248 e. The lowest BCUT2D eigenvalue weighted by Crippen LogP contribution is -2.66. The van der Waals surface area contributed by atoms with Gasteiger partial charge in [0, 0.05) is 6.54 Å². The Morgan fingerprint density at radius 1 is 1.28 bits per heavy atom. The maximum Gasteiger partial charge on any atom is 0.248 e. The van der Waals surface area contributed by atoms with Gasteiger partial charge in [-0.05, 0) is 25.2 Å². The third-order valence-corrected chi connectivity index (χ3v) is 3.93. The number of carbonyl (C=O) groups excluding carboxylic acids is 2. The van der Waals surface area contributed by atoms with E-state index < -0.39 is 5.54 Å². The topological polar surface area (TPSA) is 49.4 Å². The van der Waals surface area contributed by atoms with Gasteiger partial charge in [0.25, 0.3) is 0 Å². The molecule has 1 saturated heterocycles. The first-order valence-corrected chi connectivity index (χ1v) is 7.09. The largest absolute Gasteiger partial charge is 0.340 e. The lowest BCUT2D eigenvalue weighted by molar-refractivity contribution is -0.151. The molecular weight excluding hydrogens is 228 g/mol. The van der Waals surface area contributed by atoms with Crippen LogP contribution in [-0.2, 0) is 9.59 Å². The van der Waals surface area contributed by atoms with E-state index >= 15 is 0 Å². The number of nitrogens with zero attached hydrogens (tertiary/aromatic N) is 1. The van der Waals surface area contributed by atoms with Crippen LogP contribution in [0.3, 0.4) is 0 Å². The predicted octanol–water partition coefficient (Wildman–Crippen LogP) is 1.94. The van der Waals surface area contributed by atoms with Crippen molar-refractivity contribution in [2.24, 2.45) is 5.92 Å². The van der Waals surface area contributed by atoms with Crippen LogP contribution in [0, 0.1) is 5.92 Å². The summed E-state index contributed by atoms with van der Waals surface area (Å²) < 4.78 is 0. The van der Waals surface area contributed by atoms with Gasteiger partial charge >= 0.3 is 0 Å². The molecule has 4 nitrogen and oxygen atoms in total. The van der Waals surface area contributed by atoms with Crippen LogP contribution in [0.5, 0.6) is 0 Å². The number of piperazine rings is 1. The summed E-state index contributed by atoms with van der Waals surface area (Å²) >= 11 is 0. The second kappa shape index (κ2) is 6.21. The molecule has 1 aliphatic rings. The summed E-state index contributed by atoms with van der Waals surface area (Å²) in [4.78, 5) is 26.0. The van der Waals surface area contributed by atoms with Crippen LogP contribution in [0.15, 0.2) is 0 Å². The molecule has 2 amide bonds. The van der Waals surface area contributed by atoms with Gasteiger partial charge in [0.15, 0.2) is 0 Å². The van der Waals surface area contributed by atoms with E-state index in [1.807, 2.05) is 13.8 Å². The molecule has 1 fully saturated rings. The maximum absolute atomic E-state index is 12.5. The van der Waals surface area contributed by atoms with Crippen LogP contribution in [-0.4, -0.2) is 35.3 Å². The van der Waals surface area contributed by atoms with Crippen molar-refractivity contribution < 1.29 is 9.59 Å². The summed E-state index contributed by atoms with van der Waals surface area (Å²) in [5.74, 6) is 0.522. The summed E-state index contributed by atoms with van der Waals surface area (Å²) in [7, 11) is 0. The van der Waals surface area contributed by atoms with Gasteiger partial charge in [-0.2, -0.15) is 0 Å². The third-order valence-electron chi connectivity index (χ3n) is 3.93. The average molecular weight is 254 g/mol. The van der Waals surface area contributed by atoms with Crippen LogP contribution in [0.25, 0.3) is 0 Å². The summed E-state index contributed by atoms with van der Waals surface area (Å²) in [6, 6.07) is 0.